The highest BCUT2D eigenvalue weighted by molar-refractivity contribution is 5.92. The molecule has 0 spiro atoms. The third-order valence-electron chi connectivity index (χ3n) is 11.4. The molecule has 0 aliphatic rings. The lowest BCUT2D eigenvalue weighted by Crippen LogP contribution is -2.08. The first-order chi connectivity index (χ1) is 34.4. The van der Waals surface area contributed by atoms with Crippen LogP contribution >= 0.6 is 0 Å². The monoisotopic (exact) mass is 944 g/mol. The number of rotatable bonds is 31. The van der Waals surface area contributed by atoms with Gasteiger partial charge in [-0.05, 0) is 170 Å². The van der Waals surface area contributed by atoms with Gasteiger partial charge in [-0.3, -0.25) is 9.98 Å². The topological polar surface area (TPSA) is 114 Å². The molecule has 10 nitrogen and oxygen atoms in total. The molecule has 0 aromatic heterocycles. The summed E-state index contributed by atoms with van der Waals surface area (Å²) in [6.45, 7) is 6.55. The van der Waals surface area contributed by atoms with Crippen molar-refractivity contribution in [3.8, 4) is 34.5 Å². The summed E-state index contributed by atoms with van der Waals surface area (Å²) in [5, 5.41) is 0. The number of hydrogen-bond acceptors (Lipinski definition) is 10. The van der Waals surface area contributed by atoms with Crippen LogP contribution in [-0.4, -0.2) is 50.8 Å². The fourth-order valence-corrected chi connectivity index (χ4v) is 7.32. The maximum Gasteiger partial charge on any atom is 0.343 e. The van der Waals surface area contributed by atoms with Crippen LogP contribution in [0.15, 0.2) is 156 Å². The molecule has 6 rings (SSSR count). The van der Waals surface area contributed by atoms with Crippen LogP contribution in [0.3, 0.4) is 0 Å². The smallest absolute Gasteiger partial charge is 0.343 e. The molecule has 10 heteroatoms. The Morgan fingerprint density at radius 1 is 0.343 bits per heavy atom. The minimum absolute atomic E-state index is 0.366. The van der Waals surface area contributed by atoms with Crippen LogP contribution in [0.5, 0.6) is 34.5 Å². The van der Waals surface area contributed by atoms with E-state index in [-0.39, 0.29) is 0 Å². The second-order valence-electron chi connectivity index (χ2n) is 17.1. The molecule has 0 bridgehead atoms. The van der Waals surface area contributed by atoms with Gasteiger partial charge in [0.25, 0.3) is 0 Å². The van der Waals surface area contributed by atoms with E-state index >= 15 is 0 Å². The number of ether oxygens (including phenoxy) is 6. The first-order valence-corrected chi connectivity index (χ1v) is 25.1. The number of unbranched alkanes of at least 4 members (excludes halogenated alkanes) is 12. The molecule has 0 heterocycles. The summed E-state index contributed by atoms with van der Waals surface area (Å²) in [5.74, 6) is 2.98. The van der Waals surface area contributed by atoms with Crippen molar-refractivity contribution in [3.63, 3.8) is 0 Å². The third kappa shape index (κ3) is 19.4. The number of carbonyl (C=O) groups is 2. The maximum atomic E-state index is 12.7. The molecule has 70 heavy (non-hydrogen) atoms. The highest BCUT2D eigenvalue weighted by Crippen LogP contribution is 2.23. The Hall–Kier alpha value is -7.20. The molecule has 0 saturated carbocycles. The van der Waals surface area contributed by atoms with Crippen molar-refractivity contribution in [2.75, 3.05) is 26.4 Å². The fraction of sp³-hybridized carbons (Fsp3) is 0.333. The highest BCUT2D eigenvalue weighted by atomic mass is 16.5. The van der Waals surface area contributed by atoms with Crippen LogP contribution in [0, 0.1) is 0 Å². The lowest BCUT2D eigenvalue weighted by molar-refractivity contribution is 0.0725. The van der Waals surface area contributed by atoms with E-state index in [9.17, 15) is 9.59 Å². The molecule has 0 atom stereocenters. The fourth-order valence-electron chi connectivity index (χ4n) is 7.32. The van der Waals surface area contributed by atoms with E-state index in [4.69, 9.17) is 28.4 Å². The Morgan fingerprint density at radius 2 is 0.629 bits per heavy atom. The maximum absolute atomic E-state index is 12.7. The lowest BCUT2D eigenvalue weighted by atomic mass is 10.1. The number of hydrogen-bond donors (Lipinski definition) is 0. The van der Waals surface area contributed by atoms with Crippen LogP contribution in [0.25, 0.3) is 0 Å². The van der Waals surface area contributed by atoms with Crippen molar-refractivity contribution in [1.29, 1.82) is 0 Å². The zero-order valence-corrected chi connectivity index (χ0v) is 40.9. The molecule has 0 saturated heterocycles. The number of esters is 2. The molecule has 0 aliphatic heterocycles. The van der Waals surface area contributed by atoms with Gasteiger partial charge in [0, 0.05) is 12.4 Å². The summed E-state index contributed by atoms with van der Waals surface area (Å²) in [7, 11) is 0. The SMILES string of the molecule is CCCCCCCCCOc1ccc(C(=O)Oc2ccc(C=Nc3ccc(OCCOc4ccc(N=Cc5ccc(OC(=O)c6ccc(OCCCCCCCCC)cc6)cc5)cc4)cc3)cc2)cc1. The van der Waals surface area contributed by atoms with Gasteiger partial charge in [-0.1, -0.05) is 90.9 Å². The van der Waals surface area contributed by atoms with Crippen LogP contribution in [-0.2, 0) is 0 Å². The largest absolute Gasteiger partial charge is 0.494 e. The van der Waals surface area contributed by atoms with Gasteiger partial charge in [0.05, 0.1) is 35.7 Å². The van der Waals surface area contributed by atoms with Gasteiger partial charge in [0.2, 0.25) is 0 Å². The zero-order chi connectivity index (χ0) is 48.9. The summed E-state index contributed by atoms with van der Waals surface area (Å²) in [6, 6.07) is 43.6. The van der Waals surface area contributed by atoms with Crippen molar-refractivity contribution >= 4 is 35.7 Å². The molecular formula is C60H68N2O8. The minimum Gasteiger partial charge on any atom is -0.494 e. The quantitative estimate of drug-likeness (QED) is 0.0183. The van der Waals surface area contributed by atoms with Crippen molar-refractivity contribution in [2.45, 2.75) is 104 Å². The molecule has 0 fully saturated rings. The molecule has 0 N–H and O–H groups in total. The molecule has 0 aliphatic carbocycles. The standard InChI is InChI=1S/C60H68N2O8/c1-3-5-7-9-11-13-15-41-65-53-33-21-49(22-34-53)59(63)69-57-29-17-47(18-30-57)45-61-51-25-37-55(38-26-51)67-43-44-68-56-39-27-52(28-40-56)62-46-48-19-31-58(32-20-48)70-60(64)50-23-35-54(36-24-50)66-42-16-14-12-10-8-6-4-2/h17-40,45-46H,3-16,41-44H2,1-2H3. The Bertz CT molecular complexity index is 2290. The average Bonchev–Trinajstić information content (AvgIpc) is 3.39. The van der Waals surface area contributed by atoms with Gasteiger partial charge in [0.15, 0.2) is 0 Å². The summed E-state index contributed by atoms with van der Waals surface area (Å²) in [6.07, 6.45) is 20.8. The van der Waals surface area contributed by atoms with E-state index in [2.05, 4.69) is 23.8 Å². The van der Waals surface area contributed by atoms with E-state index in [1.807, 2.05) is 97.1 Å². The minimum atomic E-state index is -0.425. The van der Waals surface area contributed by atoms with Gasteiger partial charge in [0.1, 0.15) is 47.7 Å². The predicted octanol–water partition coefficient (Wildman–Crippen LogP) is 15.3. The Kier molecular flexibility index (Phi) is 22.6. The average molecular weight is 945 g/mol. The highest BCUT2D eigenvalue weighted by Gasteiger charge is 2.11. The summed E-state index contributed by atoms with van der Waals surface area (Å²) < 4.78 is 34.6. The summed E-state index contributed by atoms with van der Waals surface area (Å²) >= 11 is 0. The van der Waals surface area contributed by atoms with Crippen molar-refractivity contribution in [3.05, 3.63) is 168 Å². The van der Waals surface area contributed by atoms with E-state index in [1.165, 1.54) is 77.0 Å². The molecule has 366 valence electrons. The Morgan fingerprint density at radius 3 is 0.971 bits per heavy atom. The molecule has 0 amide bonds. The number of aliphatic imine (C=N–C) groups is 2. The second kappa shape index (κ2) is 30.3. The van der Waals surface area contributed by atoms with Crippen molar-refractivity contribution < 1.29 is 38.0 Å². The molecule has 6 aromatic carbocycles. The summed E-state index contributed by atoms with van der Waals surface area (Å²) in [4.78, 5) is 34.6. The molecule has 6 aromatic rings. The number of nitrogens with zero attached hydrogens (tertiary/aromatic N) is 2. The van der Waals surface area contributed by atoms with Crippen LogP contribution < -0.4 is 28.4 Å². The van der Waals surface area contributed by atoms with E-state index in [0.717, 1.165) is 46.8 Å². The predicted molar refractivity (Wildman–Crippen MR) is 281 cm³/mol. The zero-order valence-electron chi connectivity index (χ0n) is 40.9. The van der Waals surface area contributed by atoms with E-state index in [1.54, 1.807) is 61.0 Å². The lowest BCUT2D eigenvalue weighted by Gasteiger charge is -2.09. The van der Waals surface area contributed by atoms with E-state index < -0.39 is 11.9 Å². The van der Waals surface area contributed by atoms with Crippen LogP contribution in [0.1, 0.15) is 136 Å². The molecular weight excluding hydrogens is 877 g/mol. The molecule has 0 radical (unpaired) electrons. The van der Waals surface area contributed by atoms with Crippen LogP contribution in [0.2, 0.25) is 0 Å². The van der Waals surface area contributed by atoms with Crippen LogP contribution in [0.4, 0.5) is 11.4 Å². The van der Waals surface area contributed by atoms with Gasteiger partial charge in [-0.15, -0.1) is 0 Å². The Balaban J connectivity index is 0.828. The first-order valence-electron chi connectivity index (χ1n) is 25.1. The van der Waals surface area contributed by atoms with Gasteiger partial charge in [-0.2, -0.15) is 0 Å². The van der Waals surface area contributed by atoms with Crippen molar-refractivity contribution in [1.82, 2.24) is 0 Å². The van der Waals surface area contributed by atoms with Crippen molar-refractivity contribution in [2.24, 2.45) is 9.98 Å². The normalized spacial score (nSPS) is 11.2. The first kappa shape index (κ1) is 52.2. The Labute approximate surface area is 414 Å². The van der Waals surface area contributed by atoms with Gasteiger partial charge in [-0.25, -0.2) is 9.59 Å². The second-order valence-corrected chi connectivity index (χ2v) is 17.1. The number of benzene rings is 6. The number of carbonyl (C=O) groups excluding carboxylic acids is 2. The van der Waals surface area contributed by atoms with Gasteiger partial charge < -0.3 is 28.4 Å². The molecule has 0 unspecified atom stereocenters. The van der Waals surface area contributed by atoms with Gasteiger partial charge >= 0.3 is 11.9 Å². The van der Waals surface area contributed by atoms with E-state index in [0.29, 0.717) is 60.6 Å². The third-order valence-corrected chi connectivity index (χ3v) is 11.4. The summed E-state index contributed by atoms with van der Waals surface area (Å²) in [5.41, 5.74) is 4.19.